The molecule has 20 heavy (non-hydrogen) atoms. The summed E-state index contributed by atoms with van der Waals surface area (Å²) in [4.78, 5) is 2.32. The molecule has 5 nitrogen and oxygen atoms in total. The van der Waals surface area contributed by atoms with Crippen LogP contribution in [0.4, 0.5) is 0 Å². The van der Waals surface area contributed by atoms with Crippen LogP contribution < -0.4 is 5.73 Å². The monoisotopic (exact) mass is 272 g/mol. The number of piperidine rings is 1. The van der Waals surface area contributed by atoms with Gasteiger partial charge in [0, 0.05) is 24.7 Å². The van der Waals surface area contributed by atoms with Gasteiger partial charge in [0.25, 0.3) is 0 Å². The highest BCUT2D eigenvalue weighted by Gasteiger charge is 2.18. The molecule has 0 unspecified atom stereocenters. The van der Waals surface area contributed by atoms with Gasteiger partial charge >= 0.3 is 0 Å². The summed E-state index contributed by atoms with van der Waals surface area (Å²) >= 11 is 0. The zero-order chi connectivity index (χ0) is 13.9. The van der Waals surface area contributed by atoms with Crippen LogP contribution in [0.5, 0.6) is 0 Å². The first-order valence-electron chi connectivity index (χ1n) is 7.08. The Morgan fingerprint density at radius 3 is 2.85 bits per heavy atom. The minimum Gasteiger partial charge on any atom is -0.419 e. The second-order valence-electron chi connectivity index (χ2n) is 5.48. The maximum absolute atomic E-state index is 5.91. The number of aryl methyl sites for hydroxylation is 1. The molecule has 2 heterocycles. The van der Waals surface area contributed by atoms with Crippen LogP contribution in [0.3, 0.4) is 0 Å². The molecule has 1 fully saturated rings. The van der Waals surface area contributed by atoms with Gasteiger partial charge in [-0.05, 0) is 31.9 Å². The Morgan fingerprint density at radius 1 is 1.30 bits per heavy atom. The Kier molecular flexibility index (Phi) is 3.80. The van der Waals surface area contributed by atoms with Gasteiger partial charge in [0.1, 0.15) is 0 Å². The zero-order valence-electron chi connectivity index (χ0n) is 11.7. The molecule has 0 bridgehead atoms. The van der Waals surface area contributed by atoms with Crippen molar-refractivity contribution >= 4 is 0 Å². The first-order valence-corrected chi connectivity index (χ1v) is 7.08. The predicted octanol–water partition coefficient (Wildman–Crippen LogP) is 1.97. The predicted molar refractivity (Wildman–Crippen MR) is 77.0 cm³/mol. The van der Waals surface area contributed by atoms with Gasteiger partial charge in [-0.15, -0.1) is 10.2 Å². The lowest BCUT2D eigenvalue weighted by atomic mass is 10.1. The van der Waals surface area contributed by atoms with Crippen LogP contribution in [0.15, 0.2) is 28.7 Å². The Hall–Kier alpha value is -1.72. The van der Waals surface area contributed by atoms with Crippen molar-refractivity contribution in [2.75, 3.05) is 13.1 Å². The van der Waals surface area contributed by atoms with E-state index in [2.05, 4.69) is 34.2 Å². The van der Waals surface area contributed by atoms with Crippen molar-refractivity contribution in [3.8, 4) is 11.5 Å². The summed E-state index contributed by atoms with van der Waals surface area (Å²) in [6.07, 6.45) is 2.08. The second kappa shape index (κ2) is 5.73. The molecule has 1 aromatic heterocycles. The summed E-state index contributed by atoms with van der Waals surface area (Å²) in [6, 6.07) is 8.44. The molecule has 3 rings (SSSR count). The summed E-state index contributed by atoms with van der Waals surface area (Å²) in [7, 11) is 0. The lowest BCUT2D eigenvalue weighted by Crippen LogP contribution is -2.39. The minimum absolute atomic E-state index is 0.344. The Bertz CT molecular complexity index is 573. The number of aromatic nitrogens is 2. The number of nitrogens with two attached hydrogens (primary N) is 1. The number of benzene rings is 1. The Balaban J connectivity index is 1.68. The molecule has 0 saturated carbocycles. The van der Waals surface area contributed by atoms with Crippen molar-refractivity contribution < 1.29 is 4.42 Å². The fourth-order valence-electron chi connectivity index (χ4n) is 2.51. The maximum Gasteiger partial charge on any atom is 0.247 e. The number of hydrogen-bond donors (Lipinski definition) is 1. The van der Waals surface area contributed by atoms with Gasteiger partial charge < -0.3 is 10.2 Å². The SMILES string of the molecule is Cc1cccc(-c2nnc(CN3CCC(N)CC3)o2)c1. The molecule has 0 radical (unpaired) electrons. The molecule has 0 aliphatic carbocycles. The molecule has 2 N–H and O–H groups in total. The average molecular weight is 272 g/mol. The molecule has 106 valence electrons. The van der Waals surface area contributed by atoms with Gasteiger partial charge in [-0.3, -0.25) is 4.90 Å². The Morgan fingerprint density at radius 2 is 2.10 bits per heavy atom. The van der Waals surface area contributed by atoms with Crippen LogP contribution in [0.1, 0.15) is 24.3 Å². The molecule has 1 aromatic carbocycles. The third kappa shape index (κ3) is 3.05. The minimum atomic E-state index is 0.344. The summed E-state index contributed by atoms with van der Waals surface area (Å²) in [5.41, 5.74) is 8.07. The summed E-state index contributed by atoms with van der Waals surface area (Å²) in [5.74, 6) is 1.27. The van der Waals surface area contributed by atoms with Crippen LogP contribution in [0, 0.1) is 6.92 Å². The number of hydrogen-bond acceptors (Lipinski definition) is 5. The van der Waals surface area contributed by atoms with Crippen molar-refractivity contribution in [3.05, 3.63) is 35.7 Å². The van der Waals surface area contributed by atoms with E-state index in [-0.39, 0.29) is 0 Å². The second-order valence-corrected chi connectivity index (χ2v) is 5.48. The van der Waals surface area contributed by atoms with Crippen LogP contribution in [0.25, 0.3) is 11.5 Å². The van der Waals surface area contributed by atoms with Gasteiger partial charge in [0.15, 0.2) is 0 Å². The van der Waals surface area contributed by atoms with Gasteiger partial charge in [0.2, 0.25) is 11.8 Å². The number of nitrogens with zero attached hydrogens (tertiary/aromatic N) is 3. The summed E-state index contributed by atoms with van der Waals surface area (Å²) in [6.45, 7) is 4.77. The molecule has 1 saturated heterocycles. The van der Waals surface area contributed by atoms with E-state index in [9.17, 15) is 0 Å². The van der Waals surface area contributed by atoms with E-state index in [4.69, 9.17) is 10.2 Å². The van der Waals surface area contributed by atoms with E-state index in [1.807, 2.05) is 12.1 Å². The standard InChI is InChI=1S/C15H20N4O/c1-11-3-2-4-12(9-11)15-18-17-14(20-15)10-19-7-5-13(16)6-8-19/h2-4,9,13H,5-8,10,16H2,1H3. The summed E-state index contributed by atoms with van der Waals surface area (Å²) in [5, 5.41) is 8.29. The van der Waals surface area contributed by atoms with Crippen LogP contribution in [-0.4, -0.2) is 34.2 Å². The molecule has 5 heteroatoms. The first-order chi connectivity index (χ1) is 9.70. The summed E-state index contributed by atoms with van der Waals surface area (Å²) < 4.78 is 5.76. The third-order valence-corrected chi connectivity index (χ3v) is 3.72. The molecular formula is C15H20N4O. The maximum atomic E-state index is 5.91. The number of rotatable bonds is 3. The van der Waals surface area contributed by atoms with Crippen molar-refractivity contribution in [1.29, 1.82) is 0 Å². The lowest BCUT2D eigenvalue weighted by Gasteiger charge is -2.28. The molecule has 0 amide bonds. The fraction of sp³-hybridized carbons (Fsp3) is 0.467. The topological polar surface area (TPSA) is 68.2 Å². The Labute approximate surface area is 118 Å². The van der Waals surface area contributed by atoms with Crippen LogP contribution in [0.2, 0.25) is 0 Å². The molecule has 1 aliphatic heterocycles. The van der Waals surface area contributed by atoms with Crippen molar-refractivity contribution in [1.82, 2.24) is 15.1 Å². The quantitative estimate of drug-likeness (QED) is 0.925. The third-order valence-electron chi connectivity index (χ3n) is 3.72. The molecule has 1 aliphatic rings. The van der Waals surface area contributed by atoms with Crippen LogP contribution >= 0.6 is 0 Å². The number of likely N-dealkylation sites (tertiary alicyclic amines) is 1. The van der Waals surface area contributed by atoms with E-state index in [0.717, 1.165) is 31.5 Å². The smallest absolute Gasteiger partial charge is 0.247 e. The van der Waals surface area contributed by atoms with Crippen molar-refractivity contribution in [2.45, 2.75) is 32.4 Å². The normalized spacial score (nSPS) is 17.5. The van der Waals surface area contributed by atoms with E-state index in [1.165, 1.54) is 5.56 Å². The van der Waals surface area contributed by atoms with Gasteiger partial charge in [0.05, 0.1) is 6.54 Å². The molecule has 0 spiro atoms. The van der Waals surface area contributed by atoms with Crippen molar-refractivity contribution in [2.24, 2.45) is 5.73 Å². The van der Waals surface area contributed by atoms with Crippen LogP contribution in [-0.2, 0) is 6.54 Å². The molecular weight excluding hydrogens is 252 g/mol. The van der Waals surface area contributed by atoms with E-state index < -0.39 is 0 Å². The highest BCUT2D eigenvalue weighted by atomic mass is 16.4. The largest absolute Gasteiger partial charge is 0.419 e. The van der Waals surface area contributed by atoms with Gasteiger partial charge in [-0.25, -0.2) is 0 Å². The van der Waals surface area contributed by atoms with E-state index in [1.54, 1.807) is 0 Å². The fourth-order valence-corrected chi connectivity index (χ4v) is 2.51. The first kappa shape index (κ1) is 13.3. The van der Waals surface area contributed by atoms with Gasteiger partial charge in [-0.1, -0.05) is 17.7 Å². The van der Waals surface area contributed by atoms with E-state index in [0.29, 0.717) is 24.4 Å². The average Bonchev–Trinajstić information content (AvgIpc) is 2.90. The van der Waals surface area contributed by atoms with Crippen molar-refractivity contribution in [3.63, 3.8) is 0 Å². The lowest BCUT2D eigenvalue weighted by molar-refractivity contribution is 0.189. The highest BCUT2D eigenvalue weighted by Crippen LogP contribution is 2.20. The van der Waals surface area contributed by atoms with E-state index >= 15 is 0 Å². The molecule has 0 atom stereocenters. The molecule has 2 aromatic rings. The highest BCUT2D eigenvalue weighted by molar-refractivity contribution is 5.53. The van der Waals surface area contributed by atoms with Gasteiger partial charge in [-0.2, -0.15) is 0 Å². The zero-order valence-corrected chi connectivity index (χ0v) is 11.7.